The van der Waals surface area contributed by atoms with Crippen molar-refractivity contribution in [2.45, 2.75) is 39.7 Å². The number of aryl methyl sites for hydroxylation is 1. The second kappa shape index (κ2) is 6.53. The van der Waals surface area contributed by atoms with Crippen LogP contribution >= 0.6 is 0 Å². The molecule has 0 fully saturated rings. The number of aliphatic hydroxyl groups is 1. The standard InChI is InChI=1S/C17H21NO2/c1-4-12(2)15-7-5-6-8-16(15)20-17-10-9-14(11-19)13(3)18-17/h5-10,12,19H,4,11H2,1-3H3. The number of aromatic nitrogens is 1. The third-order valence-electron chi connectivity index (χ3n) is 3.62. The molecule has 106 valence electrons. The molecule has 0 amide bonds. The number of benzene rings is 1. The Hall–Kier alpha value is -1.87. The maximum atomic E-state index is 9.17. The van der Waals surface area contributed by atoms with E-state index in [0.717, 1.165) is 23.4 Å². The van der Waals surface area contributed by atoms with Crippen LogP contribution in [0.15, 0.2) is 36.4 Å². The van der Waals surface area contributed by atoms with E-state index in [4.69, 9.17) is 9.84 Å². The van der Waals surface area contributed by atoms with Crippen LogP contribution in [0, 0.1) is 6.92 Å². The van der Waals surface area contributed by atoms with Crippen molar-refractivity contribution >= 4 is 0 Å². The van der Waals surface area contributed by atoms with Gasteiger partial charge in [0.1, 0.15) is 5.75 Å². The SMILES string of the molecule is CCC(C)c1ccccc1Oc1ccc(CO)c(C)n1. The minimum Gasteiger partial charge on any atom is -0.439 e. The van der Waals surface area contributed by atoms with Crippen LogP contribution < -0.4 is 4.74 Å². The summed E-state index contributed by atoms with van der Waals surface area (Å²) >= 11 is 0. The zero-order valence-corrected chi connectivity index (χ0v) is 12.3. The van der Waals surface area contributed by atoms with Crippen LogP contribution in [0.1, 0.15) is 43.0 Å². The fraction of sp³-hybridized carbons (Fsp3) is 0.353. The van der Waals surface area contributed by atoms with Gasteiger partial charge in [0.2, 0.25) is 5.88 Å². The first-order chi connectivity index (χ1) is 9.65. The Balaban J connectivity index is 2.28. The van der Waals surface area contributed by atoms with Crippen LogP contribution in [0.5, 0.6) is 11.6 Å². The summed E-state index contributed by atoms with van der Waals surface area (Å²) < 4.78 is 5.92. The van der Waals surface area contributed by atoms with Crippen molar-refractivity contribution in [3.63, 3.8) is 0 Å². The highest BCUT2D eigenvalue weighted by molar-refractivity contribution is 5.38. The van der Waals surface area contributed by atoms with Gasteiger partial charge in [0.25, 0.3) is 0 Å². The van der Waals surface area contributed by atoms with E-state index in [-0.39, 0.29) is 6.61 Å². The van der Waals surface area contributed by atoms with E-state index >= 15 is 0 Å². The van der Waals surface area contributed by atoms with Crippen molar-refractivity contribution in [2.75, 3.05) is 0 Å². The highest BCUT2D eigenvalue weighted by atomic mass is 16.5. The molecule has 0 saturated heterocycles. The number of hydrogen-bond donors (Lipinski definition) is 1. The van der Waals surface area contributed by atoms with Crippen LogP contribution in [0.3, 0.4) is 0 Å². The molecule has 1 N–H and O–H groups in total. The molecule has 1 aromatic heterocycles. The Morgan fingerprint density at radius 2 is 1.95 bits per heavy atom. The second-order valence-corrected chi connectivity index (χ2v) is 5.00. The highest BCUT2D eigenvalue weighted by Crippen LogP contribution is 2.31. The van der Waals surface area contributed by atoms with Crippen LogP contribution in [0.25, 0.3) is 0 Å². The summed E-state index contributed by atoms with van der Waals surface area (Å²) in [6, 6.07) is 11.7. The average molecular weight is 271 g/mol. The number of aliphatic hydroxyl groups excluding tert-OH is 1. The number of para-hydroxylation sites is 1. The lowest BCUT2D eigenvalue weighted by atomic mass is 9.98. The highest BCUT2D eigenvalue weighted by Gasteiger charge is 2.11. The summed E-state index contributed by atoms with van der Waals surface area (Å²) in [5.41, 5.74) is 2.82. The molecule has 1 atom stereocenters. The number of pyridine rings is 1. The topological polar surface area (TPSA) is 42.4 Å². The predicted octanol–water partition coefficient (Wildman–Crippen LogP) is 4.19. The van der Waals surface area contributed by atoms with Crippen molar-refractivity contribution < 1.29 is 9.84 Å². The molecule has 0 aliphatic carbocycles. The number of ether oxygens (including phenoxy) is 1. The van der Waals surface area contributed by atoms with E-state index in [9.17, 15) is 0 Å². The molecule has 0 aliphatic heterocycles. The monoisotopic (exact) mass is 271 g/mol. The molecule has 3 nitrogen and oxygen atoms in total. The minimum absolute atomic E-state index is 0.00255. The summed E-state index contributed by atoms with van der Waals surface area (Å²) in [7, 11) is 0. The fourth-order valence-electron chi connectivity index (χ4n) is 2.10. The van der Waals surface area contributed by atoms with E-state index in [1.807, 2.05) is 31.2 Å². The molecule has 0 spiro atoms. The van der Waals surface area contributed by atoms with Crippen LogP contribution in [0.2, 0.25) is 0 Å². The molecule has 1 heterocycles. The largest absolute Gasteiger partial charge is 0.439 e. The Morgan fingerprint density at radius 3 is 2.60 bits per heavy atom. The molecule has 2 rings (SSSR count). The van der Waals surface area contributed by atoms with Crippen molar-refractivity contribution in [3.05, 3.63) is 53.2 Å². The quantitative estimate of drug-likeness (QED) is 0.886. The number of hydrogen-bond acceptors (Lipinski definition) is 3. The zero-order valence-electron chi connectivity index (χ0n) is 12.3. The van der Waals surface area contributed by atoms with Gasteiger partial charge < -0.3 is 9.84 Å². The molecule has 1 unspecified atom stereocenters. The van der Waals surface area contributed by atoms with E-state index in [2.05, 4.69) is 24.9 Å². The fourth-order valence-corrected chi connectivity index (χ4v) is 2.10. The minimum atomic E-state index is 0.00255. The van der Waals surface area contributed by atoms with Gasteiger partial charge in [-0.1, -0.05) is 32.0 Å². The van der Waals surface area contributed by atoms with Crippen LogP contribution in [-0.2, 0) is 6.61 Å². The summed E-state index contributed by atoms with van der Waals surface area (Å²) in [4.78, 5) is 4.38. The molecular formula is C17H21NO2. The molecule has 1 aromatic carbocycles. The van der Waals surface area contributed by atoms with Crippen molar-refractivity contribution in [1.82, 2.24) is 4.98 Å². The normalized spacial score (nSPS) is 12.2. The van der Waals surface area contributed by atoms with Crippen molar-refractivity contribution in [1.29, 1.82) is 0 Å². The van der Waals surface area contributed by atoms with Crippen LogP contribution in [-0.4, -0.2) is 10.1 Å². The molecule has 0 saturated carbocycles. The lowest BCUT2D eigenvalue weighted by Gasteiger charge is -2.15. The van der Waals surface area contributed by atoms with Gasteiger partial charge in [0, 0.05) is 11.8 Å². The Morgan fingerprint density at radius 1 is 1.20 bits per heavy atom. The van der Waals surface area contributed by atoms with Crippen LogP contribution in [0.4, 0.5) is 0 Å². The second-order valence-electron chi connectivity index (χ2n) is 5.00. The molecule has 0 bridgehead atoms. The first-order valence-corrected chi connectivity index (χ1v) is 6.99. The molecule has 2 aromatic rings. The van der Waals surface area contributed by atoms with Gasteiger partial charge in [-0.25, -0.2) is 4.98 Å². The Bertz CT molecular complexity index is 581. The Kier molecular flexibility index (Phi) is 4.74. The predicted molar refractivity (Wildman–Crippen MR) is 80.1 cm³/mol. The van der Waals surface area contributed by atoms with Gasteiger partial charge in [-0.3, -0.25) is 0 Å². The van der Waals surface area contributed by atoms with E-state index < -0.39 is 0 Å². The maximum absolute atomic E-state index is 9.17. The van der Waals surface area contributed by atoms with Crippen molar-refractivity contribution in [3.8, 4) is 11.6 Å². The van der Waals surface area contributed by atoms with E-state index in [1.165, 1.54) is 5.56 Å². The first-order valence-electron chi connectivity index (χ1n) is 6.99. The average Bonchev–Trinajstić information content (AvgIpc) is 2.47. The summed E-state index contributed by atoms with van der Waals surface area (Å²) in [5.74, 6) is 1.87. The van der Waals surface area contributed by atoms with E-state index in [1.54, 1.807) is 6.07 Å². The summed E-state index contributed by atoms with van der Waals surface area (Å²) in [6.07, 6.45) is 1.07. The van der Waals surface area contributed by atoms with Gasteiger partial charge in [-0.05, 0) is 42.5 Å². The van der Waals surface area contributed by atoms with Crippen molar-refractivity contribution in [2.24, 2.45) is 0 Å². The lowest BCUT2D eigenvalue weighted by Crippen LogP contribution is -1.99. The zero-order chi connectivity index (χ0) is 14.5. The molecule has 3 heteroatoms. The first kappa shape index (κ1) is 14.5. The number of rotatable bonds is 5. The summed E-state index contributed by atoms with van der Waals surface area (Å²) in [5, 5.41) is 9.17. The molecule has 0 radical (unpaired) electrons. The summed E-state index contributed by atoms with van der Waals surface area (Å²) in [6.45, 7) is 6.23. The van der Waals surface area contributed by atoms with Gasteiger partial charge in [0.15, 0.2) is 0 Å². The smallest absolute Gasteiger partial charge is 0.219 e. The van der Waals surface area contributed by atoms with E-state index in [0.29, 0.717) is 11.8 Å². The molecule has 0 aliphatic rings. The maximum Gasteiger partial charge on any atom is 0.219 e. The third kappa shape index (κ3) is 3.17. The van der Waals surface area contributed by atoms with Gasteiger partial charge in [0.05, 0.1) is 6.61 Å². The third-order valence-corrected chi connectivity index (χ3v) is 3.62. The van der Waals surface area contributed by atoms with Gasteiger partial charge in [-0.15, -0.1) is 0 Å². The lowest BCUT2D eigenvalue weighted by molar-refractivity contribution is 0.280. The molecule has 20 heavy (non-hydrogen) atoms. The Labute approximate surface area is 120 Å². The van der Waals surface area contributed by atoms with Gasteiger partial charge in [-0.2, -0.15) is 0 Å². The van der Waals surface area contributed by atoms with Gasteiger partial charge >= 0.3 is 0 Å². The number of nitrogens with zero attached hydrogens (tertiary/aromatic N) is 1. The molecular weight excluding hydrogens is 250 g/mol.